The predicted molar refractivity (Wildman–Crippen MR) is 77.1 cm³/mol. The van der Waals surface area contributed by atoms with Gasteiger partial charge >= 0.3 is 0 Å². The lowest BCUT2D eigenvalue weighted by molar-refractivity contribution is 0.0952. The second-order valence-electron chi connectivity index (χ2n) is 3.66. The van der Waals surface area contributed by atoms with Gasteiger partial charge in [0.15, 0.2) is 0 Å². The Hall–Kier alpha value is -0.940. The quantitative estimate of drug-likeness (QED) is 0.627. The number of unbranched alkanes of at least 4 members (excludes halogenated alkanes) is 1. The van der Waals surface area contributed by atoms with Gasteiger partial charge in [-0.05, 0) is 47.3 Å². The zero-order valence-electron chi connectivity index (χ0n) is 9.41. The van der Waals surface area contributed by atoms with Gasteiger partial charge in [0.2, 0.25) is 0 Å². The number of rotatable bonds is 6. The third kappa shape index (κ3) is 5.28. The minimum absolute atomic E-state index is 0.0622. The number of nitrogens with two attached hydrogens (primary N) is 1. The first-order valence-corrected chi connectivity index (χ1v) is 6.62. The molecule has 92 valence electrons. The molecule has 0 unspecified atom stereocenters. The number of carbonyl (C=O) groups is 1. The van der Waals surface area contributed by atoms with E-state index in [-0.39, 0.29) is 5.91 Å². The third-order valence-electron chi connectivity index (χ3n) is 2.25. The number of hydrogen-bond donors (Lipinski definition) is 2. The molecule has 0 saturated carbocycles. The Balaban J connectivity index is 2.31. The average molecular weight is 315 g/mol. The van der Waals surface area contributed by atoms with Crippen molar-refractivity contribution in [2.45, 2.75) is 19.3 Å². The molecular weight excluding hydrogens is 300 g/mol. The van der Waals surface area contributed by atoms with Gasteiger partial charge in [0, 0.05) is 11.0 Å². The van der Waals surface area contributed by atoms with Crippen molar-refractivity contribution in [1.82, 2.24) is 5.32 Å². The van der Waals surface area contributed by atoms with Gasteiger partial charge < -0.3 is 11.1 Å². The normalized spacial score (nSPS) is 9.94. The lowest BCUT2D eigenvalue weighted by atomic mass is 10.2. The van der Waals surface area contributed by atoms with Gasteiger partial charge in [0.05, 0.1) is 10.6 Å². The molecule has 0 saturated heterocycles. The summed E-state index contributed by atoms with van der Waals surface area (Å²) in [6.45, 7) is 0.642. The minimum Gasteiger partial charge on any atom is -0.393 e. The first-order valence-electron chi connectivity index (χ1n) is 5.42. The van der Waals surface area contributed by atoms with Gasteiger partial charge in [-0.3, -0.25) is 4.79 Å². The number of hydrogen-bond acceptors (Lipinski definition) is 2. The maximum atomic E-state index is 11.8. The summed E-state index contributed by atoms with van der Waals surface area (Å²) in [6, 6.07) is 7.35. The fourth-order valence-electron chi connectivity index (χ4n) is 1.37. The van der Waals surface area contributed by atoms with E-state index in [0.29, 0.717) is 17.1 Å². The van der Waals surface area contributed by atoms with Crippen molar-refractivity contribution in [1.29, 1.82) is 0 Å². The fraction of sp³-hybridized carbons (Fsp3) is 0.333. The van der Waals surface area contributed by atoms with E-state index >= 15 is 0 Å². The van der Waals surface area contributed by atoms with E-state index in [4.69, 9.17) is 18.0 Å². The predicted octanol–water partition coefficient (Wildman–Crippen LogP) is 2.64. The molecule has 0 heterocycles. The van der Waals surface area contributed by atoms with Crippen LogP contribution in [0.1, 0.15) is 29.6 Å². The summed E-state index contributed by atoms with van der Waals surface area (Å²) in [5.74, 6) is -0.0622. The highest BCUT2D eigenvalue weighted by Gasteiger charge is 2.07. The van der Waals surface area contributed by atoms with Crippen LogP contribution in [0.25, 0.3) is 0 Å². The summed E-state index contributed by atoms with van der Waals surface area (Å²) in [4.78, 5) is 12.3. The van der Waals surface area contributed by atoms with Gasteiger partial charge in [-0.2, -0.15) is 0 Å². The van der Waals surface area contributed by atoms with E-state index in [1.807, 2.05) is 18.2 Å². The Morgan fingerprint density at radius 1 is 1.35 bits per heavy atom. The first kappa shape index (κ1) is 14.1. The van der Waals surface area contributed by atoms with Crippen molar-refractivity contribution in [2.24, 2.45) is 5.73 Å². The van der Waals surface area contributed by atoms with Crippen LogP contribution in [0.3, 0.4) is 0 Å². The zero-order chi connectivity index (χ0) is 12.7. The largest absolute Gasteiger partial charge is 0.393 e. The van der Waals surface area contributed by atoms with Crippen LogP contribution in [0.4, 0.5) is 0 Å². The van der Waals surface area contributed by atoms with Crippen molar-refractivity contribution < 1.29 is 4.79 Å². The second-order valence-corrected chi connectivity index (χ2v) is 5.04. The van der Waals surface area contributed by atoms with Crippen molar-refractivity contribution in [2.75, 3.05) is 6.54 Å². The van der Waals surface area contributed by atoms with Crippen LogP contribution in [0, 0.1) is 0 Å². The minimum atomic E-state index is -0.0622. The number of thiocarbonyl (C=S) groups is 1. The van der Waals surface area contributed by atoms with E-state index in [0.717, 1.165) is 23.7 Å². The van der Waals surface area contributed by atoms with Crippen molar-refractivity contribution in [3.63, 3.8) is 0 Å². The molecule has 0 aliphatic carbocycles. The van der Waals surface area contributed by atoms with Gasteiger partial charge in [-0.1, -0.05) is 24.4 Å². The van der Waals surface area contributed by atoms with E-state index in [2.05, 4.69) is 21.2 Å². The monoisotopic (exact) mass is 314 g/mol. The Bertz CT molecular complexity index is 409. The Morgan fingerprint density at radius 3 is 2.71 bits per heavy atom. The Morgan fingerprint density at radius 2 is 2.06 bits per heavy atom. The maximum Gasteiger partial charge on any atom is 0.252 e. The van der Waals surface area contributed by atoms with Crippen molar-refractivity contribution in [3.8, 4) is 0 Å². The molecule has 0 aromatic heterocycles. The van der Waals surface area contributed by atoms with Crippen LogP contribution in [0.5, 0.6) is 0 Å². The molecular formula is C12H15BrN2OS. The molecule has 3 N–H and O–H groups in total. The molecule has 0 aliphatic rings. The third-order valence-corrected chi connectivity index (χ3v) is 3.15. The molecule has 0 spiro atoms. The van der Waals surface area contributed by atoms with Gasteiger partial charge in [-0.25, -0.2) is 0 Å². The van der Waals surface area contributed by atoms with Crippen molar-refractivity contribution >= 4 is 39.0 Å². The Labute approximate surface area is 115 Å². The lowest BCUT2D eigenvalue weighted by Gasteiger charge is -2.06. The number of benzene rings is 1. The molecule has 3 nitrogen and oxygen atoms in total. The SMILES string of the molecule is NC(=S)CCCCNC(=O)c1ccccc1Br. The first-order chi connectivity index (χ1) is 8.11. The van der Waals surface area contributed by atoms with Crippen LogP contribution < -0.4 is 11.1 Å². The van der Waals surface area contributed by atoms with Crippen LogP contribution in [0.2, 0.25) is 0 Å². The molecule has 1 aromatic carbocycles. The summed E-state index contributed by atoms with van der Waals surface area (Å²) in [5, 5.41) is 2.86. The lowest BCUT2D eigenvalue weighted by Crippen LogP contribution is -2.25. The molecule has 0 aliphatic heterocycles. The van der Waals surface area contributed by atoms with Crippen LogP contribution in [-0.4, -0.2) is 17.4 Å². The Kier molecular flexibility index (Phi) is 6.15. The van der Waals surface area contributed by atoms with E-state index in [1.165, 1.54) is 0 Å². The van der Waals surface area contributed by atoms with E-state index < -0.39 is 0 Å². The van der Waals surface area contributed by atoms with E-state index in [9.17, 15) is 4.79 Å². The number of nitrogens with one attached hydrogen (secondary N) is 1. The standard InChI is InChI=1S/C12H15BrN2OS/c13-10-6-2-1-5-9(10)12(16)15-8-4-3-7-11(14)17/h1-2,5-6H,3-4,7-8H2,(H2,14,17)(H,15,16). The number of halogens is 1. The summed E-state index contributed by atoms with van der Waals surface area (Å²) < 4.78 is 0.806. The van der Waals surface area contributed by atoms with E-state index in [1.54, 1.807) is 6.07 Å². The van der Waals surface area contributed by atoms with Gasteiger partial charge in [0.25, 0.3) is 5.91 Å². The van der Waals surface area contributed by atoms with Crippen molar-refractivity contribution in [3.05, 3.63) is 34.3 Å². The summed E-state index contributed by atoms with van der Waals surface area (Å²) >= 11 is 8.12. The number of amides is 1. The van der Waals surface area contributed by atoms with Crippen LogP contribution in [-0.2, 0) is 0 Å². The summed E-state index contributed by atoms with van der Waals surface area (Å²) in [7, 11) is 0. The summed E-state index contributed by atoms with van der Waals surface area (Å²) in [6.07, 6.45) is 2.53. The molecule has 0 bridgehead atoms. The highest BCUT2D eigenvalue weighted by Crippen LogP contribution is 2.15. The molecule has 1 aromatic rings. The fourth-order valence-corrected chi connectivity index (χ4v) is 1.98. The molecule has 0 fully saturated rings. The maximum absolute atomic E-state index is 11.8. The summed E-state index contributed by atoms with van der Waals surface area (Å²) in [5.41, 5.74) is 6.04. The van der Waals surface area contributed by atoms with Crippen LogP contribution in [0.15, 0.2) is 28.7 Å². The van der Waals surface area contributed by atoms with Gasteiger partial charge in [0.1, 0.15) is 0 Å². The molecule has 0 atom stereocenters. The molecule has 0 radical (unpaired) electrons. The van der Waals surface area contributed by atoms with Gasteiger partial charge in [-0.15, -0.1) is 0 Å². The topological polar surface area (TPSA) is 55.1 Å². The molecule has 1 rings (SSSR count). The average Bonchev–Trinajstić information content (AvgIpc) is 2.28. The highest BCUT2D eigenvalue weighted by atomic mass is 79.9. The zero-order valence-corrected chi connectivity index (χ0v) is 11.8. The molecule has 5 heteroatoms. The smallest absolute Gasteiger partial charge is 0.252 e. The second kappa shape index (κ2) is 7.40. The van der Waals surface area contributed by atoms with Crippen LogP contribution >= 0.6 is 28.1 Å². The highest BCUT2D eigenvalue weighted by molar-refractivity contribution is 9.10. The molecule has 1 amide bonds. The number of carbonyl (C=O) groups excluding carboxylic acids is 1. The molecule has 17 heavy (non-hydrogen) atoms.